The van der Waals surface area contributed by atoms with Gasteiger partial charge in [-0.1, -0.05) is 52.8 Å². The van der Waals surface area contributed by atoms with Crippen LogP contribution in [0.2, 0.25) is 0 Å². The molecule has 0 radical (unpaired) electrons. The number of aliphatic carboxylic acids is 1. The molecule has 5 nitrogen and oxygen atoms in total. The minimum atomic E-state index is -1.01. The molecular weight excluding hydrogens is 528 g/mol. The summed E-state index contributed by atoms with van der Waals surface area (Å²) in [5.41, 5.74) is 4.89. The van der Waals surface area contributed by atoms with E-state index in [9.17, 15) is 9.90 Å². The summed E-state index contributed by atoms with van der Waals surface area (Å²) >= 11 is 0. The summed E-state index contributed by atoms with van der Waals surface area (Å²) in [4.78, 5) is 16.9. The van der Waals surface area contributed by atoms with Crippen molar-refractivity contribution in [2.75, 3.05) is 7.11 Å². The van der Waals surface area contributed by atoms with Gasteiger partial charge in [0.25, 0.3) is 0 Å². The van der Waals surface area contributed by atoms with Crippen molar-refractivity contribution in [2.24, 2.45) is 17.3 Å². The Morgan fingerprint density at radius 2 is 1.78 bits per heavy atom. The van der Waals surface area contributed by atoms with Gasteiger partial charge in [0.2, 0.25) is 0 Å². The Hall–Kier alpha value is -2.41. The molecule has 0 saturated heterocycles. The summed E-state index contributed by atoms with van der Waals surface area (Å²) in [6.07, 6.45) is 3.44. The van der Waals surface area contributed by atoms with Crippen molar-refractivity contribution in [1.82, 2.24) is 4.98 Å². The minimum absolute atomic E-state index is 0. The van der Waals surface area contributed by atoms with Crippen molar-refractivity contribution in [2.45, 2.75) is 78.2 Å². The molecule has 1 aliphatic heterocycles. The van der Waals surface area contributed by atoms with Crippen LogP contribution in [0, 0.1) is 23.1 Å². The molecule has 2 unspecified atom stereocenters. The van der Waals surface area contributed by atoms with Crippen LogP contribution in [-0.4, -0.2) is 18.1 Å². The quantitative estimate of drug-likeness (QED) is 0.385. The minimum Gasteiger partial charge on any atom is -0.550 e. The van der Waals surface area contributed by atoms with Gasteiger partial charge in [0.15, 0.2) is 0 Å². The van der Waals surface area contributed by atoms with E-state index in [1.165, 1.54) is 6.07 Å². The van der Waals surface area contributed by atoms with Crippen molar-refractivity contribution in [3.05, 3.63) is 76.9 Å². The first kappa shape index (κ1) is 31.5. The topological polar surface area (TPSA) is 71.5 Å². The second-order valence-electron chi connectivity index (χ2n) is 12.6. The Labute approximate surface area is 265 Å². The summed E-state index contributed by atoms with van der Waals surface area (Å²) < 4.78 is 27.0. The Morgan fingerprint density at radius 3 is 2.41 bits per heavy atom. The van der Waals surface area contributed by atoms with Crippen molar-refractivity contribution in [1.29, 1.82) is 0 Å². The van der Waals surface area contributed by atoms with Crippen molar-refractivity contribution < 1.29 is 53.3 Å². The predicted octanol–water partition coefficient (Wildman–Crippen LogP) is 4.00. The summed E-state index contributed by atoms with van der Waals surface area (Å²) in [5.74, 6) is -0.157. The first-order valence-electron chi connectivity index (χ1n) is 14.3. The Bertz CT molecular complexity index is 1410. The van der Waals surface area contributed by atoms with Crippen molar-refractivity contribution in [3.8, 4) is 22.6 Å². The van der Waals surface area contributed by atoms with E-state index in [1.54, 1.807) is 26.2 Å². The summed E-state index contributed by atoms with van der Waals surface area (Å²) in [6.45, 7) is 10.4. The SMILES string of the molecule is COc1ccc(F)c(-c2ccc(C3CCc4ccc([C@H](C5CC5)[C@H](C)C(=O)[O-])cc4O3)nc2C(C)C(C)(C)C)c1.[Na+]. The molecule has 0 spiro atoms. The van der Waals surface area contributed by atoms with Crippen LogP contribution in [0.25, 0.3) is 11.1 Å². The van der Waals surface area contributed by atoms with Crippen LogP contribution in [0.15, 0.2) is 48.5 Å². The van der Waals surface area contributed by atoms with E-state index < -0.39 is 11.9 Å². The van der Waals surface area contributed by atoms with E-state index in [1.807, 2.05) is 18.2 Å². The summed E-state index contributed by atoms with van der Waals surface area (Å²) in [5, 5.41) is 11.7. The number of aromatic nitrogens is 1. The third-order valence-electron chi connectivity index (χ3n) is 8.91. The van der Waals surface area contributed by atoms with Gasteiger partial charge in [0, 0.05) is 28.9 Å². The van der Waals surface area contributed by atoms with Crippen LogP contribution < -0.4 is 44.1 Å². The molecule has 2 heterocycles. The van der Waals surface area contributed by atoms with Gasteiger partial charge in [-0.25, -0.2) is 4.39 Å². The molecule has 212 valence electrons. The van der Waals surface area contributed by atoms with E-state index in [0.717, 1.165) is 59.5 Å². The third kappa shape index (κ3) is 6.65. The Morgan fingerprint density at radius 1 is 1.05 bits per heavy atom. The van der Waals surface area contributed by atoms with E-state index in [0.29, 0.717) is 17.2 Å². The molecule has 0 bridgehead atoms. The fourth-order valence-electron chi connectivity index (χ4n) is 5.85. The number of fused-ring (bicyclic) bond motifs is 1. The van der Waals surface area contributed by atoms with E-state index in [4.69, 9.17) is 14.5 Å². The summed E-state index contributed by atoms with van der Waals surface area (Å²) in [6, 6.07) is 14.8. The number of carboxylic acids is 1. The zero-order valence-electron chi connectivity index (χ0n) is 25.3. The van der Waals surface area contributed by atoms with Gasteiger partial charge in [-0.15, -0.1) is 0 Å². The maximum Gasteiger partial charge on any atom is 1.00 e. The standard InChI is InChI=1S/C34H40FNO4.Na/c1-19(33(37)38)31(22-8-9-22)23-10-7-21-11-16-29(40-30(21)17-23)28-15-13-25(32(36-28)20(2)34(3,4)5)26-18-24(39-6)12-14-27(26)35;/h7,10,12-15,17-20,22,29,31H,8-9,11,16H2,1-6H3,(H,37,38);/q;+1/p-1/t19-,20?,29?,31-;/m0./s1. The average Bonchev–Trinajstić information content (AvgIpc) is 3.77. The molecule has 2 aliphatic rings. The molecule has 2 aromatic carbocycles. The van der Waals surface area contributed by atoms with Crippen molar-refractivity contribution >= 4 is 5.97 Å². The first-order chi connectivity index (χ1) is 19.0. The Kier molecular flexibility index (Phi) is 9.57. The largest absolute Gasteiger partial charge is 1.00 e. The fraction of sp³-hybridized carbons (Fsp3) is 0.471. The average molecular weight is 568 g/mol. The molecule has 4 atom stereocenters. The first-order valence-corrected chi connectivity index (χ1v) is 14.3. The summed E-state index contributed by atoms with van der Waals surface area (Å²) in [7, 11) is 1.58. The number of methoxy groups -OCH3 is 1. The third-order valence-corrected chi connectivity index (χ3v) is 8.91. The number of hydrogen-bond acceptors (Lipinski definition) is 5. The van der Waals surface area contributed by atoms with Gasteiger partial charge >= 0.3 is 29.6 Å². The van der Waals surface area contributed by atoms with Gasteiger partial charge in [0.1, 0.15) is 23.4 Å². The number of pyridine rings is 1. The number of hydrogen-bond donors (Lipinski definition) is 0. The van der Waals surface area contributed by atoms with E-state index in [2.05, 4.69) is 39.8 Å². The predicted molar refractivity (Wildman–Crippen MR) is 152 cm³/mol. The number of aryl methyl sites for hydroxylation is 1. The van der Waals surface area contributed by atoms with Crippen molar-refractivity contribution in [3.63, 3.8) is 0 Å². The van der Waals surface area contributed by atoms with E-state index >= 15 is 4.39 Å². The molecule has 0 amide bonds. The zero-order valence-corrected chi connectivity index (χ0v) is 27.3. The number of nitrogens with zero attached hydrogens (tertiary/aromatic N) is 1. The molecule has 3 aromatic rings. The van der Waals surface area contributed by atoms with Gasteiger partial charge in [-0.05, 0) is 84.4 Å². The monoisotopic (exact) mass is 567 g/mol. The molecular formula is C34H39FNNaO4. The maximum atomic E-state index is 15.1. The van der Waals surface area contributed by atoms with Crippen LogP contribution >= 0.6 is 0 Å². The number of rotatable bonds is 8. The smallest absolute Gasteiger partial charge is 0.550 e. The van der Waals surface area contributed by atoms with Crippen LogP contribution in [0.5, 0.6) is 11.5 Å². The van der Waals surface area contributed by atoms with Crippen LogP contribution in [0.1, 0.15) is 94.3 Å². The molecule has 41 heavy (non-hydrogen) atoms. The molecule has 1 fully saturated rings. The van der Waals surface area contributed by atoms with Crippen LogP contribution in [0.4, 0.5) is 4.39 Å². The number of carbonyl (C=O) groups is 1. The molecule has 0 N–H and O–H groups in total. The van der Waals surface area contributed by atoms with Gasteiger partial charge in [0.05, 0.1) is 18.5 Å². The normalized spacial score (nSPS) is 18.8. The maximum absolute atomic E-state index is 15.1. The number of benzene rings is 2. The molecule has 1 aromatic heterocycles. The second-order valence-corrected chi connectivity index (χ2v) is 12.6. The number of carbonyl (C=O) groups excluding carboxylic acids is 1. The number of carboxylic acid groups (broad SMARTS) is 1. The van der Waals surface area contributed by atoms with Crippen LogP contribution in [0.3, 0.4) is 0 Å². The Balaban J connectivity index is 0.00000387. The van der Waals surface area contributed by atoms with E-state index in [-0.39, 0.29) is 58.7 Å². The van der Waals surface area contributed by atoms with Gasteiger partial charge < -0.3 is 19.4 Å². The molecule has 1 saturated carbocycles. The van der Waals surface area contributed by atoms with Gasteiger partial charge in [-0.3, -0.25) is 4.98 Å². The van der Waals surface area contributed by atoms with Gasteiger partial charge in [-0.2, -0.15) is 0 Å². The van der Waals surface area contributed by atoms with Crippen LogP contribution in [-0.2, 0) is 11.2 Å². The second kappa shape index (κ2) is 12.4. The molecule has 1 aliphatic carbocycles. The molecule has 7 heteroatoms. The zero-order chi connectivity index (χ0) is 28.8. The fourth-order valence-corrected chi connectivity index (χ4v) is 5.85. The number of halogens is 1. The molecule has 5 rings (SSSR count). The number of ether oxygens (including phenoxy) is 2.